The van der Waals surface area contributed by atoms with E-state index in [0.717, 1.165) is 53.2 Å². The highest BCUT2D eigenvalue weighted by Gasteiger charge is 2.17. The van der Waals surface area contributed by atoms with Gasteiger partial charge in [-0.1, -0.05) is 54.6 Å². The topological polar surface area (TPSA) is 49.6 Å². The van der Waals surface area contributed by atoms with Crippen LogP contribution in [0.15, 0.2) is 88.4 Å². The quantitative estimate of drug-likeness (QED) is 0.234. The second kappa shape index (κ2) is 10.6. The molecule has 1 N–H and O–H groups in total. The van der Waals surface area contributed by atoms with Crippen molar-refractivity contribution in [1.29, 1.82) is 0 Å². The number of amides is 1. The number of fused-ring (bicyclic) bond motifs is 1. The highest BCUT2D eigenvalue weighted by molar-refractivity contribution is 9.10. The van der Waals surface area contributed by atoms with Crippen molar-refractivity contribution in [2.24, 2.45) is 5.10 Å². The molecule has 1 amide bonds. The van der Waals surface area contributed by atoms with Gasteiger partial charge >= 0.3 is 0 Å². The molecule has 0 aliphatic carbocycles. The number of carbonyl (C=O) groups is 1. The van der Waals surface area contributed by atoms with Crippen LogP contribution in [0.1, 0.15) is 44.0 Å². The van der Waals surface area contributed by atoms with E-state index in [2.05, 4.69) is 79.2 Å². The third-order valence-corrected chi connectivity index (χ3v) is 7.82. The van der Waals surface area contributed by atoms with Crippen molar-refractivity contribution in [3.63, 3.8) is 0 Å². The summed E-state index contributed by atoms with van der Waals surface area (Å²) in [6.07, 6.45) is 2.78. The van der Waals surface area contributed by atoms with Crippen molar-refractivity contribution in [3.05, 3.63) is 123 Å². The van der Waals surface area contributed by atoms with Gasteiger partial charge in [0.15, 0.2) is 0 Å². The largest absolute Gasteiger partial charge is 0.317 e. The molecule has 182 valence electrons. The summed E-state index contributed by atoms with van der Waals surface area (Å²) >= 11 is 3.69. The number of halogens is 1. The summed E-state index contributed by atoms with van der Waals surface area (Å²) in [5, 5.41) is 4.25. The van der Waals surface area contributed by atoms with Crippen molar-refractivity contribution in [1.82, 2.24) is 14.9 Å². The maximum Gasteiger partial charge on any atom is 0.271 e. The first-order valence-corrected chi connectivity index (χ1v) is 12.9. The monoisotopic (exact) mass is 540 g/mol. The fourth-order valence-corrected chi connectivity index (χ4v) is 5.43. The molecular weight excluding hydrogens is 512 g/mol. The molecule has 0 fully saturated rings. The number of carbonyl (C=O) groups excluding carboxylic acids is 1. The van der Waals surface area contributed by atoms with Gasteiger partial charge in [-0.05, 0) is 77.2 Å². The van der Waals surface area contributed by atoms with E-state index in [1.54, 1.807) is 6.21 Å². The normalized spacial score (nSPS) is 13.6. The third kappa shape index (κ3) is 5.06. The molecule has 0 bridgehead atoms. The van der Waals surface area contributed by atoms with Crippen LogP contribution in [-0.4, -0.2) is 28.1 Å². The molecule has 0 unspecified atom stereocenters. The summed E-state index contributed by atoms with van der Waals surface area (Å²) in [5.41, 5.74) is 11.5. The number of hydrazone groups is 1. The van der Waals surface area contributed by atoms with Crippen molar-refractivity contribution >= 4 is 28.1 Å². The lowest BCUT2D eigenvalue weighted by Gasteiger charge is -2.28. The van der Waals surface area contributed by atoms with Crippen molar-refractivity contribution in [3.8, 4) is 5.69 Å². The Morgan fingerprint density at radius 3 is 2.39 bits per heavy atom. The van der Waals surface area contributed by atoms with Crippen LogP contribution in [0, 0.1) is 13.8 Å². The highest BCUT2D eigenvalue weighted by atomic mass is 79.9. The van der Waals surface area contributed by atoms with Crippen molar-refractivity contribution in [2.75, 3.05) is 6.54 Å². The van der Waals surface area contributed by atoms with Gasteiger partial charge in [0.1, 0.15) is 0 Å². The summed E-state index contributed by atoms with van der Waals surface area (Å²) in [5.74, 6) is -0.224. The second-order valence-electron chi connectivity index (χ2n) is 9.19. The average molecular weight is 541 g/mol. The SMILES string of the molecule is Cc1c(Br)c(/C=N\NC(=O)c2ccc(CN3CCc4ccccc4C3)cc2)c(C)n1-c1ccccc1. The number of nitrogens with zero attached hydrogens (tertiary/aromatic N) is 3. The van der Waals surface area contributed by atoms with Crippen molar-refractivity contribution < 1.29 is 4.79 Å². The van der Waals surface area contributed by atoms with Gasteiger partial charge < -0.3 is 4.57 Å². The summed E-state index contributed by atoms with van der Waals surface area (Å²) in [6.45, 7) is 7.00. The molecule has 1 aliphatic heterocycles. The zero-order valence-electron chi connectivity index (χ0n) is 20.5. The minimum Gasteiger partial charge on any atom is -0.317 e. The van der Waals surface area contributed by atoms with E-state index >= 15 is 0 Å². The Morgan fingerprint density at radius 1 is 0.944 bits per heavy atom. The highest BCUT2D eigenvalue weighted by Crippen LogP contribution is 2.29. The van der Waals surface area contributed by atoms with E-state index in [1.165, 1.54) is 16.7 Å². The molecule has 0 saturated heterocycles. The zero-order valence-corrected chi connectivity index (χ0v) is 22.1. The van der Waals surface area contributed by atoms with E-state index in [-0.39, 0.29) is 5.91 Å². The fourth-order valence-electron chi connectivity index (χ4n) is 4.87. The molecule has 0 saturated carbocycles. The Morgan fingerprint density at radius 2 is 1.64 bits per heavy atom. The Labute approximate surface area is 220 Å². The number of para-hydroxylation sites is 1. The third-order valence-electron chi connectivity index (χ3n) is 6.82. The van der Waals surface area contributed by atoms with E-state index in [9.17, 15) is 4.79 Å². The van der Waals surface area contributed by atoms with Gasteiger partial charge in [0.25, 0.3) is 5.91 Å². The van der Waals surface area contributed by atoms with Gasteiger partial charge in [-0.2, -0.15) is 5.10 Å². The standard InChI is InChI=1S/C30H29BrN4O/c1-21-28(29(31)22(2)35(21)27-10-4-3-5-11-27)18-32-33-30(36)25-14-12-23(13-15-25)19-34-17-16-24-8-6-7-9-26(24)20-34/h3-15,18H,16-17,19-20H2,1-2H3,(H,33,36)/b32-18-. The molecule has 3 aromatic carbocycles. The second-order valence-corrected chi connectivity index (χ2v) is 9.99. The number of nitrogens with one attached hydrogen (secondary N) is 1. The maximum absolute atomic E-state index is 12.7. The molecule has 0 atom stereocenters. The van der Waals surface area contributed by atoms with Crippen LogP contribution >= 0.6 is 15.9 Å². The smallest absolute Gasteiger partial charge is 0.271 e. The molecule has 6 heteroatoms. The van der Waals surface area contributed by atoms with Gasteiger partial charge in [0.2, 0.25) is 0 Å². The maximum atomic E-state index is 12.7. The molecular formula is C30H29BrN4O. The summed E-state index contributed by atoms with van der Waals surface area (Å²) < 4.78 is 3.14. The summed E-state index contributed by atoms with van der Waals surface area (Å²) in [4.78, 5) is 15.1. The summed E-state index contributed by atoms with van der Waals surface area (Å²) in [7, 11) is 0. The van der Waals surface area contributed by atoms with Gasteiger partial charge in [0, 0.05) is 52.3 Å². The Kier molecular flexibility index (Phi) is 7.16. The predicted octanol–water partition coefficient (Wildman–Crippen LogP) is 6.18. The Hall–Kier alpha value is -3.48. The molecule has 1 aromatic heterocycles. The Bertz CT molecular complexity index is 1410. The lowest BCUT2D eigenvalue weighted by molar-refractivity contribution is 0.0955. The van der Waals surface area contributed by atoms with Crippen LogP contribution in [-0.2, 0) is 19.5 Å². The molecule has 2 heterocycles. The first kappa shape index (κ1) is 24.2. The summed E-state index contributed by atoms with van der Waals surface area (Å²) in [6, 6.07) is 26.7. The zero-order chi connectivity index (χ0) is 25.1. The molecule has 5 rings (SSSR count). The fraction of sp³-hybridized carbons (Fsp3) is 0.200. The van der Waals surface area contributed by atoms with Crippen LogP contribution < -0.4 is 5.43 Å². The van der Waals surface area contributed by atoms with Crippen LogP contribution in [0.3, 0.4) is 0 Å². The molecule has 4 aromatic rings. The Balaban J connectivity index is 1.21. The first-order chi connectivity index (χ1) is 17.5. The van der Waals surface area contributed by atoms with Crippen LogP contribution in [0.25, 0.3) is 5.69 Å². The molecule has 36 heavy (non-hydrogen) atoms. The minimum absolute atomic E-state index is 0.224. The predicted molar refractivity (Wildman–Crippen MR) is 149 cm³/mol. The number of hydrogen-bond acceptors (Lipinski definition) is 3. The number of rotatable bonds is 6. The number of benzene rings is 3. The van der Waals surface area contributed by atoms with E-state index in [1.807, 2.05) is 49.4 Å². The minimum atomic E-state index is -0.224. The van der Waals surface area contributed by atoms with Crippen LogP contribution in [0.5, 0.6) is 0 Å². The van der Waals surface area contributed by atoms with Gasteiger partial charge in [-0.15, -0.1) is 0 Å². The van der Waals surface area contributed by atoms with Crippen LogP contribution in [0.4, 0.5) is 0 Å². The number of hydrogen-bond donors (Lipinski definition) is 1. The number of aromatic nitrogens is 1. The lowest BCUT2D eigenvalue weighted by atomic mass is 9.99. The van der Waals surface area contributed by atoms with Gasteiger partial charge in [-0.25, -0.2) is 5.43 Å². The molecule has 0 radical (unpaired) electrons. The molecule has 1 aliphatic rings. The van der Waals surface area contributed by atoms with Crippen LogP contribution in [0.2, 0.25) is 0 Å². The molecule has 0 spiro atoms. The lowest BCUT2D eigenvalue weighted by Crippen LogP contribution is -2.30. The van der Waals surface area contributed by atoms with E-state index in [0.29, 0.717) is 5.56 Å². The first-order valence-electron chi connectivity index (χ1n) is 12.2. The van der Waals surface area contributed by atoms with Gasteiger partial charge in [0.05, 0.1) is 6.21 Å². The van der Waals surface area contributed by atoms with Gasteiger partial charge in [-0.3, -0.25) is 9.69 Å². The van der Waals surface area contributed by atoms with E-state index in [4.69, 9.17) is 0 Å². The van der Waals surface area contributed by atoms with E-state index < -0.39 is 0 Å². The average Bonchev–Trinajstić information content (AvgIpc) is 3.12. The van der Waals surface area contributed by atoms with Crippen molar-refractivity contribution in [2.45, 2.75) is 33.4 Å². The molecule has 5 nitrogen and oxygen atoms in total.